The second-order valence-electron chi connectivity index (χ2n) is 3.51. The van der Waals surface area contributed by atoms with E-state index in [1.54, 1.807) is 0 Å². The molecule has 0 aliphatic carbocycles. The molecule has 3 amide bonds. The van der Waals surface area contributed by atoms with Gasteiger partial charge in [0.25, 0.3) is 5.91 Å². The van der Waals surface area contributed by atoms with E-state index in [0.717, 1.165) is 12.1 Å². The fourth-order valence-corrected chi connectivity index (χ4v) is 1.28. The van der Waals surface area contributed by atoms with Crippen LogP contribution in [0.3, 0.4) is 0 Å². The van der Waals surface area contributed by atoms with Crippen molar-refractivity contribution in [3.63, 3.8) is 0 Å². The van der Waals surface area contributed by atoms with Crippen LogP contribution in [-0.2, 0) is 0 Å². The number of aromatic hydroxyl groups is 1. The number of nitro groups is 1. The molecule has 0 radical (unpaired) electrons. The maximum atomic E-state index is 11.6. The maximum absolute atomic E-state index is 11.6. The summed E-state index contributed by atoms with van der Waals surface area (Å²) in [6.07, 6.45) is 0. The summed E-state index contributed by atoms with van der Waals surface area (Å²) in [5.74, 6) is -1.12. The zero-order valence-corrected chi connectivity index (χ0v) is 9.75. The fourth-order valence-electron chi connectivity index (χ4n) is 1.28. The molecule has 0 heterocycles. The van der Waals surface area contributed by atoms with E-state index < -0.39 is 28.3 Å². The lowest BCUT2D eigenvalue weighted by Crippen LogP contribution is -2.37. The number of phenolic OH excluding ortho intramolecular Hbond substituents is 1. The molecule has 1 aromatic carbocycles. The van der Waals surface area contributed by atoms with Crippen molar-refractivity contribution in [2.75, 3.05) is 13.1 Å². The number of urea groups is 1. The van der Waals surface area contributed by atoms with Crippen molar-refractivity contribution in [1.82, 2.24) is 10.6 Å². The lowest BCUT2D eigenvalue weighted by Gasteiger charge is -2.06. The highest BCUT2D eigenvalue weighted by Crippen LogP contribution is 2.25. The summed E-state index contributed by atoms with van der Waals surface area (Å²) in [7, 11) is 0. The summed E-state index contributed by atoms with van der Waals surface area (Å²) in [6.45, 7) is 0.291. The Hall–Kier alpha value is -2.84. The Morgan fingerprint density at radius 1 is 1.32 bits per heavy atom. The molecule has 0 aliphatic rings. The van der Waals surface area contributed by atoms with Crippen LogP contribution in [0.15, 0.2) is 18.2 Å². The highest BCUT2D eigenvalue weighted by Gasteiger charge is 2.15. The van der Waals surface area contributed by atoms with E-state index >= 15 is 0 Å². The SMILES string of the molecule is NC(=O)NCCNC(=O)c1ccc([N+](=O)[O-])c(O)c1. The number of carbonyl (C=O) groups excluding carboxylic acids is 2. The molecule has 0 aliphatic heterocycles. The smallest absolute Gasteiger partial charge is 0.312 e. The normalized spacial score (nSPS) is 9.68. The minimum Gasteiger partial charge on any atom is -0.502 e. The summed E-state index contributed by atoms with van der Waals surface area (Å²) in [5.41, 5.74) is 4.42. The number of nitrogens with two attached hydrogens (primary N) is 1. The molecule has 0 aromatic heterocycles. The third kappa shape index (κ3) is 4.15. The van der Waals surface area contributed by atoms with E-state index in [2.05, 4.69) is 10.6 Å². The van der Waals surface area contributed by atoms with Gasteiger partial charge in [0, 0.05) is 24.7 Å². The molecule has 0 saturated heterocycles. The lowest BCUT2D eigenvalue weighted by atomic mass is 10.2. The van der Waals surface area contributed by atoms with Gasteiger partial charge in [-0.1, -0.05) is 0 Å². The number of nitro benzene ring substituents is 1. The molecular formula is C10H12N4O5. The first-order valence-corrected chi connectivity index (χ1v) is 5.20. The van der Waals surface area contributed by atoms with Gasteiger partial charge in [0.15, 0.2) is 5.75 Å². The minimum atomic E-state index is -0.756. The van der Waals surface area contributed by atoms with Crippen molar-refractivity contribution in [2.24, 2.45) is 5.73 Å². The van der Waals surface area contributed by atoms with E-state index in [1.165, 1.54) is 6.07 Å². The van der Waals surface area contributed by atoms with Crippen molar-refractivity contribution >= 4 is 17.6 Å². The van der Waals surface area contributed by atoms with Crippen LogP contribution >= 0.6 is 0 Å². The van der Waals surface area contributed by atoms with Crippen LogP contribution in [0.1, 0.15) is 10.4 Å². The molecule has 5 N–H and O–H groups in total. The van der Waals surface area contributed by atoms with Gasteiger partial charge in [-0.15, -0.1) is 0 Å². The number of nitrogens with one attached hydrogen (secondary N) is 2. The quantitative estimate of drug-likeness (QED) is 0.328. The third-order valence-corrected chi connectivity index (χ3v) is 2.14. The predicted octanol–water partition coefficient (Wildman–Crippen LogP) is -0.301. The fraction of sp³-hybridized carbons (Fsp3) is 0.200. The molecule has 1 aromatic rings. The van der Waals surface area contributed by atoms with Gasteiger partial charge in [-0.2, -0.15) is 0 Å². The Morgan fingerprint density at radius 3 is 2.47 bits per heavy atom. The molecular weight excluding hydrogens is 256 g/mol. The van der Waals surface area contributed by atoms with Gasteiger partial charge >= 0.3 is 11.7 Å². The number of hydrogen-bond donors (Lipinski definition) is 4. The first kappa shape index (κ1) is 14.2. The zero-order chi connectivity index (χ0) is 14.4. The molecule has 9 heteroatoms. The first-order valence-electron chi connectivity index (χ1n) is 5.20. The zero-order valence-electron chi connectivity index (χ0n) is 9.75. The minimum absolute atomic E-state index is 0.0715. The lowest BCUT2D eigenvalue weighted by molar-refractivity contribution is -0.385. The van der Waals surface area contributed by atoms with E-state index in [0.29, 0.717) is 0 Å². The molecule has 0 fully saturated rings. The number of amides is 3. The number of nitrogens with zero attached hydrogens (tertiary/aromatic N) is 1. The van der Waals surface area contributed by atoms with Gasteiger partial charge in [-0.25, -0.2) is 4.79 Å². The number of benzene rings is 1. The summed E-state index contributed by atoms with van der Waals surface area (Å²) >= 11 is 0. The van der Waals surface area contributed by atoms with Gasteiger partial charge < -0.3 is 21.5 Å². The number of primary amides is 1. The van der Waals surface area contributed by atoms with Crippen LogP contribution in [0.4, 0.5) is 10.5 Å². The molecule has 0 saturated carbocycles. The van der Waals surface area contributed by atoms with Crippen LogP contribution in [0.2, 0.25) is 0 Å². The Kier molecular flexibility index (Phi) is 4.63. The van der Waals surface area contributed by atoms with Crippen LogP contribution in [-0.4, -0.2) is 35.1 Å². The Balaban J connectivity index is 2.60. The average molecular weight is 268 g/mol. The Labute approximate surface area is 107 Å². The van der Waals surface area contributed by atoms with E-state index in [4.69, 9.17) is 5.73 Å². The van der Waals surface area contributed by atoms with Crippen LogP contribution in [0, 0.1) is 10.1 Å². The van der Waals surface area contributed by atoms with Gasteiger partial charge in [-0.05, 0) is 12.1 Å². The van der Waals surface area contributed by atoms with E-state index in [-0.39, 0.29) is 18.7 Å². The van der Waals surface area contributed by atoms with Crippen molar-refractivity contribution in [2.45, 2.75) is 0 Å². The van der Waals surface area contributed by atoms with Crippen LogP contribution < -0.4 is 16.4 Å². The number of carbonyl (C=O) groups is 2. The molecule has 19 heavy (non-hydrogen) atoms. The number of hydrogen-bond acceptors (Lipinski definition) is 5. The van der Waals surface area contributed by atoms with Crippen molar-refractivity contribution in [3.05, 3.63) is 33.9 Å². The molecule has 9 nitrogen and oxygen atoms in total. The first-order chi connectivity index (χ1) is 8.91. The van der Waals surface area contributed by atoms with Crippen molar-refractivity contribution in [1.29, 1.82) is 0 Å². The summed E-state index contributed by atoms with van der Waals surface area (Å²) in [5, 5.41) is 24.5. The molecule has 102 valence electrons. The molecule has 0 atom stereocenters. The van der Waals surface area contributed by atoms with Crippen LogP contribution in [0.25, 0.3) is 0 Å². The molecule has 0 spiro atoms. The van der Waals surface area contributed by atoms with Gasteiger partial charge in [0.1, 0.15) is 0 Å². The standard InChI is InChI=1S/C10H12N4O5/c11-10(17)13-4-3-12-9(16)6-1-2-7(14(18)19)8(15)5-6/h1-2,5,15H,3-4H2,(H,12,16)(H3,11,13,17). The second-order valence-corrected chi connectivity index (χ2v) is 3.51. The predicted molar refractivity (Wildman–Crippen MR) is 64.7 cm³/mol. The molecule has 1 rings (SSSR count). The van der Waals surface area contributed by atoms with Crippen molar-refractivity contribution < 1.29 is 19.6 Å². The topological polar surface area (TPSA) is 148 Å². The van der Waals surface area contributed by atoms with E-state index in [1.807, 2.05) is 0 Å². The second kappa shape index (κ2) is 6.19. The molecule has 0 unspecified atom stereocenters. The maximum Gasteiger partial charge on any atom is 0.312 e. The van der Waals surface area contributed by atoms with Crippen LogP contribution in [0.5, 0.6) is 5.75 Å². The Morgan fingerprint density at radius 2 is 1.95 bits per heavy atom. The van der Waals surface area contributed by atoms with Gasteiger partial charge in [0.05, 0.1) is 4.92 Å². The highest BCUT2D eigenvalue weighted by molar-refractivity contribution is 5.95. The molecule has 0 bridgehead atoms. The monoisotopic (exact) mass is 268 g/mol. The summed E-state index contributed by atoms with van der Waals surface area (Å²) in [4.78, 5) is 31.7. The third-order valence-electron chi connectivity index (χ3n) is 2.14. The summed E-state index contributed by atoms with van der Waals surface area (Å²) < 4.78 is 0. The largest absolute Gasteiger partial charge is 0.502 e. The average Bonchev–Trinajstić information content (AvgIpc) is 2.33. The number of phenols is 1. The van der Waals surface area contributed by atoms with Crippen molar-refractivity contribution in [3.8, 4) is 5.75 Å². The van der Waals surface area contributed by atoms with Gasteiger partial charge in [0.2, 0.25) is 0 Å². The Bertz CT molecular complexity index is 517. The number of rotatable bonds is 5. The van der Waals surface area contributed by atoms with E-state index in [9.17, 15) is 24.8 Å². The highest BCUT2D eigenvalue weighted by atomic mass is 16.6. The van der Waals surface area contributed by atoms with Gasteiger partial charge in [-0.3, -0.25) is 14.9 Å². The summed E-state index contributed by atoms with van der Waals surface area (Å²) in [6, 6.07) is 2.54.